The maximum Gasteiger partial charge on any atom is 0.242 e. The Morgan fingerprint density at radius 3 is 2.60 bits per heavy atom. The molecule has 110 valence electrons. The van der Waals surface area contributed by atoms with Crippen LogP contribution in [0.3, 0.4) is 0 Å². The number of carbonyl (C=O) groups excluding carboxylic acids is 1. The summed E-state index contributed by atoms with van der Waals surface area (Å²) in [6, 6.07) is 5.19. The van der Waals surface area contributed by atoms with Gasteiger partial charge in [-0.2, -0.15) is 0 Å². The number of carbonyl (C=O) groups is 1. The van der Waals surface area contributed by atoms with Gasteiger partial charge in [0.1, 0.15) is 11.0 Å². The van der Waals surface area contributed by atoms with Gasteiger partial charge in [-0.1, -0.05) is 42.0 Å². The highest BCUT2D eigenvalue weighted by atomic mass is 79.9. The zero-order valence-electron chi connectivity index (χ0n) is 11.9. The first-order valence-electron chi connectivity index (χ1n) is 6.45. The quantitative estimate of drug-likeness (QED) is 0.684. The summed E-state index contributed by atoms with van der Waals surface area (Å²) >= 11 is 8.42. The monoisotopic (exact) mass is 357 g/mol. The first-order valence-corrected chi connectivity index (χ1v) is 7.65. The molecule has 0 radical (unpaired) electrons. The molecule has 0 heterocycles. The van der Waals surface area contributed by atoms with Crippen LogP contribution in [0.4, 0.5) is 5.69 Å². The second-order valence-electron chi connectivity index (χ2n) is 5.06. The molecule has 1 amide bonds. The highest BCUT2D eigenvalue weighted by Gasteiger charge is 2.15. The van der Waals surface area contributed by atoms with Crippen molar-refractivity contribution in [2.75, 3.05) is 11.9 Å². The van der Waals surface area contributed by atoms with E-state index in [1.165, 1.54) is 0 Å². The lowest BCUT2D eigenvalue weighted by Gasteiger charge is -2.18. The fraction of sp³-hybridized carbons (Fsp3) is 0.429. The Morgan fingerprint density at radius 1 is 1.40 bits per heavy atom. The lowest BCUT2D eigenvalue weighted by atomic mass is 10.1. The van der Waals surface area contributed by atoms with Crippen LogP contribution >= 0.6 is 28.1 Å². The number of thiocarbonyl (C=S) groups is 1. The molecule has 4 N–H and O–H groups in total. The van der Waals surface area contributed by atoms with Gasteiger partial charge in [0.05, 0.1) is 0 Å². The van der Waals surface area contributed by atoms with E-state index in [2.05, 4.69) is 40.4 Å². The summed E-state index contributed by atoms with van der Waals surface area (Å²) in [5.74, 6) is 0.372. The van der Waals surface area contributed by atoms with Gasteiger partial charge in [-0.25, -0.2) is 0 Å². The maximum absolute atomic E-state index is 12.0. The van der Waals surface area contributed by atoms with E-state index in [0.717, 1.165) is 15.7 Å². The van der Waals surface area contributed by atoms with Gasteiger partial charge < -0.3 is 16.4 Å². The predicted octanol–water partition coefficient (Wildman–Crippen LogP) is 2.66. The first kappa shape index (κ1) is 16.9. The van der Waals surface area contributed by atoms with E-state index < -0.39 is 0 Å². The highest BCUT2D eigenvalue weighted by molar-refractivity contribution is 9.10. The summed E-state index contributed by atoms with van der Waals surface area (Å²) in [6.45, 7) is 6.57. The van der Waals surface area contributed by atoms with Gasteiger partial charge in [-0.15, -0.1) is 0 Å². The van der Waals surface area contributed by atoms with E-state index in [1.807, 2.05) is 18.2 Å². The molecule has 1 unspecified atom stereocenters. The number of halogens is 1. The number of hydrogen-bond acceptors (Lipinski definition) is 3. The van der Waals surface area contributed by atoms with Gasteiger partial charge in [-0.05, 0) is 31.0 Å². The molecule has 20 heavy (non-hydrogen) atoms. The van der Waals surface area contributed by atoms with Crippen molar-refractivity contribution in [1.29, 1.82) is 0 Å². The summed E-state index contributed by atoms with van der Waals surface area (Å²) in [5, 5.41) is 6.03. The zero-order valence-corrected chi connectivity index (χ0v) is 14.3. The van der Waals surface area contributed by atoms with Crippen molar-refractivity contribution in [3.8, 4) is 0 Å². The molecule has 1 atom stereocenters. The predicted molar refractivity (Wildman–Crippen MR) is 91.0 cm³/mol. The molecule has 0 aliphatic heterocycles. The van der Waals surface area contributed by atoms with Crippen LogP contribution in [0.5, 0.6) is 0 Å². The Kier molecular flexibility index (Phi) is 6.42. The van der Waals surface area contributed by atoms with Crippen LogP contribution in [0.25, 0.3) is 0 Å². The standard InChI is InChI=1S/C14H20BrN3OS/c1-8(2)7-17-14(19)9(3)18-12-6-10(15)4-5-11(12)13(16)20/h4-6,8-9,18H,7H2,1-3H3,(H2,16,20)(H,17,19). The van der Waals surface area contributed by atoms with Crippen LogP contribution in [-0.4, -0.2) is 23.5 Å². The zero-order chi connectivity index (χ0) is 15.3. The molecule has 0 aliphatic rings. The number of nitrogens with two attached hydrogens (primary N) is 1. The van der Waals surface area contributed by atoms with Crippen molar-refractivity contribution in [3.05, 3.63) is 28.2 Å². The van der Waals surface area contributed by atoms with Crippen molar-refractivity contribution in [1.82, 2.24) is 5.32 Å². The Labute approximate surface area is 133 Å². The molecule has 0 aromatic heterocycles. The van der Waals surface area contributed by atoms with E-state index >= 15 is 0 Å². The first-order chi connectivity index (χ1) is 9.31. The van der Waals surface area contributed by atoms with E-state index in [9.17, 15) is 4.79 Å². The van der Waals surface area contributed by atoms with E-state index in [4.69, 9.17) is 18.0 Å². The van der Waals surface area contributed by atoms with Gasteiger partial charge in [0.15, 0.2) is 0 Å². The molecule has 0 saturated carbocycles. The molecule has 0 bridgehead atoms. The molecular formula is C14H20BrN3OS. The van der Waals surface area contributed by atoms with Gasteiger partial charge in [0, 0.05) is 22.3 Å². The van der Waals surface area contributed by atoms with Gasteiger partial charge >= 0.3 is 0 Å². The number of benzene rings is 1. The van der Waals surface area contributed by atoms with Crippen molar-refractivity contribution in [2.45, 2.75) is 26.8 Å². The normalized spacial score (nSPS) is 12.1. The summed E-state index contributed by atoms with van der Waals surface area (Å²) in [5.41, 5.74) is 7.17. The number of nitrogens with one attached hydrogen (secondary N) is 2. The average molecular weight is 358 g/mol. The van der Waals surface area contributed by atoms with Crippen LogP contribution in [0.2, 0.25) is 0 Å². The largest absolute Gasteiger partial charge is 0.389 e. The topological polar surface area (TPSA) is 67.2 Å². The number of anilines is 1. The summed E-state index contributed by atoms with van der Waals surface area (Å²) < 4.78 is 0.898. The second-order valence-corrected chi connectivity index (χ2v) is 6.41. The Balaban J connectivity index is 2.79. The van der Waals surface area contributed by atoms with Crippen molar-refractivity contribution in [2.24, 2.45) is 11.7 Å². The minimum absolute atomic E-state index is 0.0486. The summed E-state index contributed by atoms with van der Waals surface area (Å²) in [6.07, 6.45) is 0. The molecule has 0 aliphatic carbocycles. The highest BCUT2D eigenvalue weighted by Crippen LogP contribution is 2.22. The fourth-order valence-corrected chi connectivity index (χ4v) is 2.15. The van der Waals surface area contributed by atoms with Crippen LogP contribution in [0.1, 0.15) is 26.3 Å². The SMILES string of the molecule is CC(C)CNC(=O)C(C)Nc1cc(Br)ccc1C(N)=S. The summed E-state index contributed by atoms with van der Waals surface area (Å²) in [4.78, 5) is 12.3. The molecule has 1 rings (SSSR count). The molecule has 0 spiro atoms. The molecule has 0 saturated heterocycles. The fourth-order valence-electron chi connectivity index (χ4n) is 1.61. The van der Waals surface area contributed by atoms with E-state index in [1.54, 1.807) is 6.92 Å². The average Bonchev–Trinajstić information content (AvgIpc) is 2.35. The third-order valence-electron chi connectivity index (χ3n) is 2.70. The third-order valence-corrected chi connectivity index (χ3v) is 3.41. The number of rotatable bonds is 6. The van der Waals surface area contributed by atoms with Crippen LogP contribution in [0.15, 0.2) is 22.7 Å². The number of hydrogen-bond donors (Lipinski definition) is 3. The van der Waals surface area contributed by atoms with Crippen LogP contribution < -0.4 is 16.4 Å². The van der Waals surface area contributed by atoms with Crippen molar-refractivity contribution >= 4 is 44.7 Å². The molecule has 6 heteroatoms. The number of amides is 1. The van der Waals surface area contributed by atoms with Gasteiger partial charge in [0.2, 0.25) is 5.91 Å². The second kappa shape index (κ2) is 7.59. The Morgan fingerprint density at radius 2 is 2.05 bits per heavy atom. The van der Waals surface area contributed by atoms with E-state index in [-0.39, 0.29) is 11.9 Å². The lowest BCUT2D eigenvalue weighted by Crippen LogP contribution is -2.39. The molecule has 1 aromatic rings. The van der Waals surface area contributed by atoms with Crippen LogP contribution in [-0.2, 0) is 4.79 Å². The molecule has 1 aromatic carbocycles. The van der Waals surface area contributed by atoms with Gasteiger partial charge in [0.25, 0.3) is 0 Å². The molecule has 4 nitrogen and oxygen atoms in total. The van der Waals surface area contributed by atoms with Crippen LogP contribution in [0, 0.1) is 5.92 Å². The molecular weight excluding hydrogens is 338 g/mol. The Hall–Kier alpha value is -1.14. The summed E-state index contributed by atoms with van der Waals surface area (Å²) in [7, 11) is 0. The van der Waals surface area contributed by atoms with Gasteiger partial charge in [-0.3, -0.25) is 4.79 Å². The lowest BCUT2D eigenvalue weighted by molar-refractivity contribution is -0.121. The Bertz CT molecular complexity index is 505. The van der Waals surface area contributed by atoms with Crippen molar-refractivity contribution in [3.63, 3.8) is 0 Å². The maximum atomic E-state index is 12.0. The minimum atomic E-state index is -0.365. The third kappa shape index (κ3) is 5.09. The van der Waals surface area contributed by atoms with E-state index in [0.29, 0.717) is 17.5 Å². The minimum Gasteiger partial charge on any atom is -0.389 e. The smallest absolute Gasteiger partial charge is 0.242 e. The molecule has 0 fully saturated rings. The van der Waals surface area contributed by atoms with Crippen molar-refractivity contribution < 1.29 is 4.79 Å².